The molecule has 1 atom stereocenters. The average Bonchev–Trinajstić information content (AvgIpc) is 2.87. The van der Waals surface area contributed by atoms with Gasteiger partial charge >= 0.3 is 12.1 Å². The molecule has 0 radical (unpaired) electrons. The number of aliphatic carboxylic acids is 1. The van der Waals surface area contributed by atoms with Gasteiger partial charge in [-0.1, -0.05) is 12.1 Å². The van der Waals surface area contributed by atoms with Crippen LogP contribution in [0.1, 0.15) is 25.8 Å². The maximum absolute atomic E-state index is 15.0. The van der Waals surface area contributed by atoms with Crippen LogP contribution in [-0.2, 0) is 21.0 Å². The minimum absolute atomic E-state index is 0.0690. The molecule has 1 N–H and O–H groups in total. The Morgan fingerprint density at radius 3 is 2.42 bits per heavy atom. The van der Waals surface area contributed by atoms with E-state index in [1.54, 1.807) is 0 Å². The standard InChI is InChI=1S/C27H24F5NO6S/c1-26(2,25(34)35)13-17-14-33(40(36,37)18-6-4-5-16(12-18)27(30,31)32)20-11-15(7-9-21(20)39-17)23-19(28)8-10-22(38-3)24(23)29/h4-12,17H,13-14H2,1-3H3,(H,34,35). The number of nitrogens with zero attached hydrogens (tertiary/aromatic N) is 1. The molecule has 13 heteroatoms. The van der Waals surface area contributed by atoms with Gasteiger partial charge in [-0.05, 0) is 61.9 Å². The van der Waals surface area contributed by atoms with Crippen LogP contribution in [0.4, 0.5) is 27.6 Å². The number of benzene rings is 3. The topological polar surface area (TPSA) is 93.1 Å². The first-order valence-electron chi connectivity index (χ1n) is 11.8. The molecule has 0 saturated heterocycles. The number of ether oxygens (including phenoxy) is 2. The summed E-state index contributed by atoms with van der Waals surface area (Å²) in [6.45, 7) is 2.35. The fourth-order valence-corrected chi connectivity index (χ4v) is 5.92. The van der Waals surface area contributed by atoms with E-state index in [1.807, 2.05) is 0 Å². The lowest BCUT2D eigenvalue weighted by atomic mass is 9.86. The Balaban J connectivity index is 1.89. The highest BCUT2D eigenvalue weighted by Crippen LogP contribution is 2.43. The molecule has 0 spiro atoms. The van der Waals surface area contributed by atoms with Gasteiger partial charge in [-0.15, -0.1) is 0 Å². The van der Waals surface area contributed by atoms with Crippen LogP contribution < -0.4 is 13.8 Å². The molecule has 3 aromatic carbocycles. The van der Waals surface area contributed by atoms with Crippen molar-refractivity contribution in [2.24, 2.45) is 5.41 Å². The first-order valence-corrected chi connectivity index (χ1v) is 13.3. The van der Waals surface area contributed by atoms with Gasteiger partial charge in [-0.25, -0.2) is 17.2 Å². The van der Waals surface area contributed by atoms with Gasteiger partial charge in [0.15, 0.2) is 11.6 Å². The van der Waals surface area contributed by atoms with Gasteiger partial charge in [0.2, 0.25) is 0 Å². The third-order valence-electron chi connectivity index (χ3n) is 6.52. The molecule has 7 nitrogen and oxygen atoms in total. The third-order valence-corrected chi connectivity index (χ3v) is 8.30. The quantitative estimate of drug-likeness (QED) is 0.336. The predicted molar refractivity (Wildman–Crippen MR) is 135 cm³/mol. The molecule has 214 valence electrons. The Labute approximate surface area is 226 Å². The summed E-state index contributed by atoms with van der Waals surface area (Å²) in [4.78, 5) is 11.0. The van der Waals surface area contributed by atoms with E-state index in [4.69, 9.17) is 9.47 Å². The number of anilines is 1. The minimum atomic E-state index is -4.82. The summed E-state index contributed by atoms with van der Waals surface area (Å²) >= 11 is 0. The van der Waals surface area contributed by atoms with Crippen LogP contribution in [0, 0.1) is 17.0 Å². The fraction of sp³-hybridized carbons (Fsp3) is 0.296. The summed E-state index contributed by atoms with van der Waals surface area (Å²) < 4.78 is 109. The molecular weight excluding hydrogens is 561 g/mol. The van der Waals surface area contributed by atoms with Crippen molar-refractivity contribution in [3.63, 3.8) is 0 Å². The van der Waals surface area contributed by atoms with E-state index in [0.717, 1.165) is 40.7 Å². The monoisotopic (exact) mass is 585 g/mol. The van der Waals surface area contributed by atoms with Gasteiger partial charge in [0, 0.05) is 6.42 Å². The number of halogens is 5. The van der Waals surface area contributed by atoms with Crippen LogP contribution in [0.25, 0.3) is 11.1 Å². The molecule has 0 aliphatic carbocycles. The summed E-state index contributed by atoms with van der Waals surface area (Å²) in [5.74, 6) is -3.53. The lowest BCUT2D eigenvalue weighted by Gasteiger charge is -2.38. The second kappa shape index (κ2) is 10.3. The molecule has 0 fully saturated rings. The van der Waals surface area contributed by atoms with E-state index in [9.17, 15) is 35.9 Å². The minimum Gasteiger partial charge on any atom is -0.494 e. The van der Waals surface area contributed by atoms with Crippen molar-refractivity contribution in [2.45, 2.75) is 37.4 Å². The van der Waals surface area contributed by atoms with Gasteiger partial charge in [0.25, 0.3) is 10.0 Å². The molecule has 1 unspecified atom stereocenters. The number of carbonyl (C=O) groups is 1. The van der Waals surface area contributed by atoms with Crippen molar-refractivity contribution in [2.75, 3.05) is 18.0 Å². The fourth-order valence-electron chi connectivity index (χ4n) is 4.37. The van der Waals surface area contributed by atoms with E-state index in [0.29, 0.717) is 6.07 Å². The zero-order valence-electron chi connectivity index (χ0n) is 21.4. The summed E-state index contributed by atoms with van der Waals surface area (Å²) in [5, 5.41) is 9.56. The Morgan fingerprint density at radius 2 is 1.80 bits per heavy atom. The highest BCUT2D eigenvalue weighted by Gasteiger charge is 2.40. The van der Waals surface area contributed by atoms with E-state index in [1.165, 1.54) is 33.1 Å². The maximum Gasteiger partial charge on any atom is 0.416 e. The lowest BCUT2D eigenvalue weighted by molar-refractivity contribution is -0.148. The van der Waals surface area contributed by atoms with Crippen molar-refractivity contribution < 1.29 is 49.7 Å². The van der Waals surface area contributed by atoms with Crippen molar-refractivity contribution in [3.05, 3.63) is 71.8 Å². The molecule has 0 bridgehead atoms. The smallest absolute Gasteiger partial charge is 0.416 e. The van der Waals surface area contributed by atoms with Crippen LogP contribution in [-0.4, -0.2) is 39.3 Å². The Kier molecular flexibility index (Phi) is 7.48. The predicted octanol–water partition coefficient (Wildman–Crippen LogP) is 6.12. The number of carboxylic acids is 1. The first-order chi connectivity index (χ1) is 18.6. The zero-order valence-corrected chi connectivity index (χ0v) is 22.2. The Hall–Kier alpha value is -3.87. The SMILES string of the molecule is COc1ccc(F)c(-c2ccc3c(c2)N(S(=O)(=O)c2cccc(C(F)(F)F)c2)CC(CC(C)(C)C(=O)O)O3)c1F. The number of fused-ring (bicyclic) bond motifs is 1. The molecule has 1 aliphatic heterocycles. The molecule has 0 saturated carbocycles. The van der Waals surface area contributed by atoms with Gasteiger partial charge < -0.3 is 14.6 Å². The summed E-state index contributed by atoms with van der Waals surface area (Å²) in [5.41, 5.74) is -3.35. The molecule has 40 heavy (non-hydrogen) atoms. The normalized spacial score (nSPS) is 15.8. The Morgan fingerprint density at radius 1 is 1.10 bits per heavy atom. The van der Waals surface area contributed by atoms with Crippen LogP contribution in [0.15, 0.2) is 59.5 Å². The summed E-state index contributed by atoms with van der Waals surface area (Å²) in [7, 11) is -3.52. The van der Waals surface area contributed by atoms with Crippen molar-refractivity contribution in [3.8, 4) is 22.6 Å². The summed E-state index contributed by atoms with van der Waals surface area (Å²) in [6.07, 6.45) is -6.00. The molecule has 1 aliphatic rings. The van der Waals surface area contributed by atoms with E-state index in [-0.39, 0.29) is 29.2 Å². The van der Waals surface area contributed by atoms with Crippen LogP contribution >= 0.6 is 0 Å². The van der Waals surface area contributed by atoms with Crippen LogP contribution in [0.2, 0.25) is 0 Å². The van der Waals surface area contributed by atoms with Crippen molar-refractivity contribution in [1.82, 2.24) is 0 Å². The average molecular weight is 586 g/mol. The van der Waals surface area contributed by atoms with Gasteiger partial charge in [0.05, 0.1) is 40.8 Å². The number of hydrogen-bond acceptors (Lipinski definition) is 5. The molecule has 4 rings (SSSR count). The number of methoxy groups -OCH3 is 1. The zero-order chi connectivity index (χ0) is 29.6. The number of rotatable bonds is 7. The second-order valence-electron chi connectivity index (χ2n) is 9.82. The molecule has 0 amide bonds. The van der Waals surface area contributed by atoms with Crippen LogP contribution in [0.5, 0.6) is 11.5 Å². The van der Waals surface area contributed by atoms with Gasteiger partial charge in [-0.3, -0.25) is 9.10 Å². The third kappa shape index (κ3) is 5.42. The highest BCUT2D eigenvalue weighted by molar-refractivity contribution is 7.92. The first kappa shape index (κ1) is 29.1. The summed E-state index contributed by atoms with van der Waals surface area (Å²) in [6, 6.07) is 8.85. The molecule has 3 aromatic rings. The lowest BCUT2D eigenvalue weighted by Crippen LogP contribution is -2.46. The van der Waals surface area contributed by atoms with Crippen LogP contribution in [0.3, 0.4) is 0 Å². The second-order valence-corrected chi connectivity index (χ2v) is 11.7. The van der Waals surface area contributed by atoms with Gasteiger partial charge in [-0.2, -0.15) is 13.2 Å². The van der Waals surface area contributed by atoms with Crippen molar-refractivity contribution in [1.29, 1.82) is 0 Å². The maximum atomic E-state index is 15.0. The Bertz CT molecular complexity index is 1570. The molecule has 0 aromatic heterocycles. The van der Waals surface area contributed by atoms with Crippen molar-refractivity contribution >= 4 is 21.7 Å². The molecular formula is C27H24F5NO6S. The number of hydrogen-bond donors (Lipinski definition) is 1. The molecule has 1 heterocycles. The van der Waals surface area contributed by atoms with Gasteiger partial charge in [0.1, 0.15) is 17.7 Å². The van der Waals surface area contributed by atoms with E-state index >= 15 is 4.39 Å². The highest BCUT2D eigenvalue weighted by atomic mass is 32.2. The van der Waals surface area contributed by atoms with E-state index in [2.05, 4.69) is 0 Å². The largest absolute Gasteiger partial charge is 0.494 e. The number of sulfonamides is 1. The number of carboxylic acid groups (broad SMARTS) is 1. The number of alkyl halides is 3. The van der Waals surface area contributed by atoms with E-state index < -0.39 is 67.9 Å².